The second-order valence-corrected chi connectivity index (χ2v) is 3.93. The van der Waals surface area contributed by atoms with Gasteiger partial charge in [0.25, 0.3) is 0 Å². The molecule has 6 heteroatoms. The maximum Gasteiger partial charge on any atom is 0.392 e. The molecule has 0 aliphatic heterocycles. The van der Waals surface area contributed by atoms with Crippen molar-refractivity contribution in [1.29, 1.82) is 0 Å². The average molecular weight is 237 g/mol. The maximum atomic E-state index is 12.4. The lowest BCUT2D eigenvalue weighted by atomic mass is 9.87. The first-order chi connectivity index (χ1) is 6.97. The van der Waals surface area contributed by atoms with Crippen molar-refractivity contribution in [3.8, 4) is 0 Å². The highest BCUT2D eigenvalue weighted by Crippen LogP contribution is 2.36. The molecule has 15 heavy (non-hydrogen) atoms. The predicted octanol–water partition coefficient (Wildman–Crippen LogP) is 2.80. The molecule has 0 bridgehead atoms. The van der Waals surface area contributed by atoms with Gasteiger partial charge in [-0.3, -0.25) is 0 Å². The molecule has 1 aromatic rings. The first-order valence-electron chi connectivity index (χ1n) is 4.54. The van der Waals surface area contributed by atoms with Gasteiger partial charge in [0.05, 0.1) is 5.92 Å². The molecule has 1 heterocycles. The number of aryl methyl sites for hydroxylation is 1. The molecule has 0 saturated carbocycles. The zero-order chi connectivity index (χ0) is 11.1. The first kappa shape index (κ1) is 10.7. The van der Waals surface area contributed by atoms with Gasteiger partial charge in [-0.1, -0.05) is 0 Å². The standard InChI is InChI=1S/C9H8ClF3N2/c10-8-14-4-5-3-6(9(11,12)13)1-2-7(5)15-8/h4,6H,1-3H2/t6-/m0/s1. The Kier molecular flexibility index (Phi) is 2.58. The van der Waals surface area contributed by atoms with Gasteiger partial charge in [0.1, 0.15) is 0 Å². The third-order valence-electron chi connectivity index (χ3n) is 2.58. The molecule has 0 saturated heterocycles. The van der Waals surface area contributed by atoms with Gasteiger partial charge in [0.2, 0.25) is 5.28 Å². The molecule has 0 spiro atoms. The van der Waals surface area contributed by atoms with Crippen LogP contribution < -0.4 is 0 Å². The minimum atomic E-state index is -4.13. The van der Waals surface area contributed by atoms with E-state index < -0.39 is 12.1 Å². The summed E-state index contributed by atoms with van der Waals surface area (Å²) in [7, 11) is 0. The van der Waals surface area contributed by atoms with Crippen LogP contribution in [0, 0.1) is 5.92 Å². The Hall–Kier alpha value is -0.840. The van der Waals surface area contributed by atoms with Crippen molar-refractivity contribution in [2.45, 2.75) is 25.4 Å². The number of fused-ring (bicyclic) bond motifs is 1. The summed E-state index contributed by atoms with van der Waals surface area (Å²) < 4.78 is 37.3. The largest absolute Gasteiger partial charge is 0.392 e. The Morgan fingerprint density at radius 2 is 2.13 bits per heavy atom. The van der Waals surface area contributed by atoms with Gasteiger partial charge in [-0.2, -0.15) is 13.2 Å². The van der Waals surface area contributed by atoms with E-state index in [9.17, 15) is 13.2 Å². The Balaban J connectivity index is 2.24. The third kappa shape index (κ3) is 2.22. The molecule has 0 amide bonds. The molecule has 0 aromatic carbocycles. The molecular formula is C9H8ClF3N2. The highest BCUT2D eigenvalue weighted by molar-refractivity contribution is 6.28. The summed E-state index contributed by atoms with van der Waals surface area (Å²) in [6.07, 6.45) is -2.36. The van der Waals surface area contributed by atoms with Crippen LogP contribution in [-0.4, -0.2) is 16.1 Å². The van der Waals surface area contributed by atoms with Crippen LogP contribution in [0.2, 0.25) is 5.28 Å². The second kappa shape index (κ2) is 3.63. The van der Waals surface area contributed by atoms with Crippen LogP contribution in [-0.2, 0) is 12.8 Å². The Labute approximate surface area is 89.5 Å². The fourth-order valence-corrected chi connectivity index (χ4v) is 1.91. The first-order valence-corrected chi connectivity index (χ1v) is 4.91. The maximum absolute atomic E-state index is 12.4. The van der Waals surface area contributed by atoms with Crippen molar-refractivity contribution in [2.75, 3.05) is 0 Å². The van der Waals surface area contributed by atoms with Gasteiger partial charge < -0.3 is 0 Å². The molecule has 1 aromatic heterocycles. The van der Waals surface area contributed by atoms with E-state index in [1.165, 1.54) is 6.20 Å². The summed E-state index contributed by atoms with van der Waals surface area (Å²) in [5.74, 6) is -1.27. The van der Waals surface area contributed by atoms with Crippen LogP contribution in [0.5, 0.6) is 0 Å². The molecule has 1 aliphatic rings. The zero-order valence-corrected chi connectivity index (χ0v) is 8.44. The molecule has 0 unspecified atom stereocenters. The van der Waals surface area contributed by atoms with Crippen LogP contribution in [0.15, 0.2) is 6.20 Å². The van der Waals surface area contributed by atoms with E-state index in [1.807, 2.05) is 0 Å². The van der Waals surface area contributed by atoms with E-state index in [2.05, 4.69) is 9.97 Å². The summed E-state index contributed by atoms with van der Waals surface area (Å²) in [4.78, 5) is 7.61. The highest BCUT2D eigenvalue weighted by atomic mass is 35.5. The molecular weight excluding hydrogens is 229 g/mol. The van der Waals surface area contributed by atoms with Crippen LogP contribution in [0.4, 0.5) is 13.2 Å². The molecule has 2 nitrogen and oxygen atoms in total. The fraction of sp³-hybridized carbons (Fsp3) is 0.556. The number of halogens is 4. The van der Waals surface area contributed by atoms with Crippen molar-refractivity contribution in [2.24, 2.45) is 5.92 Å². The molecule has 0 radical (unpaired) electrons. The Bertz CT molecular complexity index is 378. The SMILES string of the molecule is FC(F)(F)[C@H]1CCc2nc(Cl)ncc2C1. The summed E-state index contributed by atoms with van der Waals surface area (Å²) in [5.41, 5.74) is 1.21. The number of nitrogens with zero attached hydrogens (tertiary/aromatic N) is 2. The van der Waals surface area contributed by atoms with E-state index >= 15 is 0 Å². The van der Waals surface area contributed by atoms with Gasteiger partial charge in [-0.25, -0.2) is 9.97 Å². The van der Waals surface area contributed by atoms with Crippen molar-refractivity contribution in [3.63, 3.8) is 0 Å². The minimum Gasteiger partial charge on any atom is -0.226 e. The van der Waals surface area contributed by atoms with Crippen LogP contribution in [0.25, 0.3) is 0 Å². The number of rotatable bonds is 0. The van der Waals surface area contributed by atoms with Crippen LogP contribution in [0.1, 0.15) is 17.7 Å². The number of aromatic nitrogens is 2. The molecule has 2 rings (SSSR count). The number of hydrogen-bond acceptors (Lipinski definition) is 2. The van der Waals surface area contributed by atoms with Crippen molar-refractivity contribution in [3.05, 3.63) is 22.7 Å². The van der Waals surface area contributed by atoms with E-state index in [4.69, 9.17) is 11.6 Å². The normalized spacial score (nSPS) is 21.2. The van der Waals surface area contributed by atoms with Crippen molar-refractivity contribution >= 4 is 11.6 Å². The molecule has 0 N–H and O–H groups in total. The zero-order valence-electron chi connectivity index (χ0n) is 7.68. The molecule has 0 fully saturated rings. The number of alkyl halides is 3. The molecule has 1 atom stereocenters. The summed E-state index contributed by atoms with van der Waals surface area (Å²) in [5, 5.41) is 0.0965. The minimum absolute atomic E-state index is 0.0317. The lowest BCUT2D eigenvalue weighted by Crippen LogP contribution is -2.29. The monoisotopic (exact) mass is 236 g/mol. The summed E-state index contributed by atoms with van der Waals surface area (Å²) in [6.45, 7) is 0. The number of hydrogen-bond donors (Lipinski definition) is 0. The Morgan fingerprint density at radius 1 is 1.40 bits per heavy atom. The van der Waals surface area contributed by atoms with Crippen LogP contribution in [0.3, 0.4) is 0 Å². The average Bonchev–Trinajstić information content (AvgIpc) is 2.15. The molecule has 82 valence electrons. The highest BCUT2D eigenvalue weighted by Gasteiger charge is 2.41. The topological polar surface area (TPSA) is 25.8 Å². The third-order valence-corrected chi connectivity index (χ3v) is 2.77. The lowest BCUT2D eigenvalue weighted by Gasteiger charge is -2.25. The van der Waals surface area contributed by atoms with E-state index in [1.54, 1.807) is 0 Å². The lowest BCUT2D eigenvalue weighted by molar-refractivity contribution is -0.177. The summed E-state index contributed by atoms with van der Waals surface area (Å²) >= 11 is 5.56. The van der Waals surface area contributed by atoms with Gasteiger partial charge in [0, 0.05) is 11.9 Å². The second-order valence-electron chi connectivity index (χ2n) is 3.59. The molecule has 1 aliphatic carbocycles. The Morgan fingerprint density at radius 3 is 2.80 bits per heavy atom. The summed E-state index contributed by atoms with van der Waals surface area (Å²) in [6, 6.07) is 0. The van der Waals surface area contributed by atoms with E-state index in [-0.39, 0.29) is 18.1 Å². The van der Waals surface area contributed by atoms with Gasteiger partial charge >= 0.3 is 6.18 Å². The van der Waals surface area contributed by atoms with Gasteiger partial charge in [-0.05, 0) is 36.4 Å². The quantitative estimate of drug-likeness (QED) is 0.648. The fourth-order valence-electron chi connectivity index (χ4n) is 1.76. The van der Waals surface area contributed by atoms with Crippen LogP contribution >= 0.6 is 11.6 Å². The van der Waals surface area contributed by atoms with Gasteiger partial charge in [0.15, 0.2) is 0 Å². The van der Waals surface area contributed by atoms with Crippen molar-refractivity contribution in [1.82, 2.24) is 9.97 Å². The van der Waals surface area contributed by atoms with Crippen molar-refractivity contribution < 1.29 is 13.2 Å². The predicted molar refractivity (Wildman–Crippen MR) is 48.6 cm³/mol. The van der Waals surface area contributed by atoms with E-state index in [0.717, 1.165) is 0 Å². The van der Waals surface area contributed by atoms with E-state index in [0.29, 0.717) is 17.7 Å². The smallest absolute Gasteiger partial charge is 0.226 e. The van der Waals surface area contributed by atoms with Gasteiger partial charge in [-0.15, -0.1) is 0 Å².